The average molecular weight is 272 g/mol. The highest BCUT2D eigenvalue weighted by molar-refractivity contribution is 14.1. The number of halogens is 1. The molecule has 0 aliphatic heterocycles. The normalized spacial score (nSPS) is 19.2. The maximum atomic E-state index is 2.45. The van der Waals surface area contributed by atoms with Crippen LogP contribution in [0.1, 0.15) is 30.9 Å². The van der Waals surface area contributed by atoms with E-state index >= 15 is 0 Å². The van der Waals surface area contributed by atoms with Gasteiger partial charge in [0.1, 0.15) is 0 Å². The largest absolute Gasteiger partial charge is 0.0609 e. The van der Waals surface area contributed by atoms with Crippen LogP contribution < -0.4 is 0 Å². The molecule has 0 amide bonds. The van der Waals surface area contributed by atoms with E-state index in [4.69, 9.17) is 0 Å². The van der Waals surface area contributed by atoms with E-state index in [0.29, 0.717) is 5.41 Å². The maximum absolute atomic E-state index is 2.45. The smallest absolute Gasteiger partial charge is 0.0170 e. The first-order chi connectivity index (χ1) is 5.63. The Morgan fingerprint density at radius 1 is 1.33 bits per heavy atom. The molecule has 0 nitrogen and oxygen atoms in total. The lowest BCUT2D eigenvalue weighted by atomic mass is 9.94. The Balaban J connectivity index is 2.55. The van der Waals surface area contributed by atoms with Crippen molar-refractivity contribution in [2.24, 2.45) is 0 Å². The second kappa shape index (κ2) is 2.72. The van der Waals surface area contributed by atoms with Crippen LogP contribution >= 0.6 is 22.6 Å². The van der Waals surface area contributed by atoms with Crippen molar-refractivity contribution in [2.45, 2.75) is 32.1 Å². The van der Waals surface area contributed by atoms with Gasteiger partial charge in [-0.3, -0.25) is 0 Å². The fourth-order valence-corrected chi connectivity index (χ4v) is 3.12. The van der Waals surface area contributed by atoms with Gasteiger partial charge in [-0.15, -0.1) is 0 Å². The lowest BCUT2D eigenvalue weighted by Gasteiger charge is -2.14. The predicted molar refractivity (Wildman–Crippen MR) is 60.5 cm³/mol. The number of hydrogen-bond donors (Lipinski definition) is 0. The first-order valence-electron chi connectivity index (χ1n) is 4.39. The molecule has 0 aromatic heterocycles. The van der Waals surface area contributed by atoms with Crippen LogP contribution in [0.2, 0.25) is 0 Å². The van der Waals surface area contributed by atoms with Gasteiger partial charge in [-0.2, -0.15) is 0 Å². The molecule has 0 spiro atoms. The minimum atomic E-state index is 0.516. The van der Waals surface area contributed by atoms with Crippen molar-refractivity contribution in [1.29, 1.82) is 0 Å². The molecule has 1 saturated carbocycles. The molecule has 0 radical (unpaired) electrons. The summed E-state index contributed by atoms with van der Waals surface area (Å²) in [6.45, 7) is 4.60. The molecule has 0 saturated heterocycles. The standard InChI is InChI=1S/C11H13I/c1-8-4-3-5-9(12)10(8)11(2)6-7-11/h3-5H,6-7H2,1-2H3. The zero-order valence-corrected chi connectivity index (χ0v) is 9.68. The van der Waals surface area contributed by atoms with Gasteiger partial charge in [0.2, 0.25) is 0 Å². The highest BCUT2D eigenvalue weighted by atomic mass is 127. The summed E-state index contributed by atoms with van der Waals surface area (Å²) in [5.74, 6) is 0. The van der Waals surface area contributed by atoms with Gasteiger partial charge >= 0.3 is 0 Å². The van der Waals surface area contributed by atoms with E-state index in [0.717, 1.165) is 0 Å². The van der Waals surface area contributed by atoms with Crippen LogP contribution in [-0.4, -0.2) is 0 Å². The van der Waals surface area contributed by atoms with Crippen LogP contribution in [0.3, 0.4) is 0 Å². The summed E-state index contributed by atoms with van der Waals surface area (Å²) >= 11 is 2.45. The molecule has 1 aromatic carbocycles. The fraction of sp³-hybridized carbons (Fsp3) is 0.455. The lowest BCUT2D eigenvalue weighted by molar-refractivity contribution is 0.773. The SMILES string of the molecule is Cc1cccc(I)c1C1(C)CC1. The predicted octanol–water partition coefficient (Wildman–Crippen LogP) is 3.65. The highest BCUT2D eigenvalue weighted by Crippen LogP contribution is 2.50. The Morgan fingerprint density at radius 3 is 2.50 bits per heavy atom. The van der Waals surface area contributed by atoms with Crippen molar-refractivity contribution in [3.63, 3.8) is 0 Å². The van der Waals surface area contributed by atoms with E-state index in [-0.39, 0.29) is 0 Å². The Hall–Kier alpha value is -0.0500. The molecule has 0 heterocycles. The Labute approximate surface area is 87.5 Å². The third-order valence-electron chi connectivity index (χ3n) is 2.83. The van der Waals surface area contributed by atoms with Crippen LogP contribution in [0.5, 0.6) is 0 Å². The molecule has 12 heavy (non-hydrogen) atoms. The van der Waals surface area contributed by atoms with E-state index < -0.39 is 0 Å². The minimum absolute atomic E-state index is 0.516. The van der Waals surface area contributed by atoms with Crippen molar-refractivity contribution in [3.05, 3.63) is 32.9 Å². The zero-order valence-electron chi connectivity index (χ0n) is 7.52. The van der Waals surface area contributed by atoms with Crippen molar-refractivity contribution in [1.82, 2.24) is 0 Å². The van der Waals surface area contributed by atoms with Gasteiger partial charge in [-0.1, -0.05) is 19.1 Å². The van der Waals surface area contributed by atoms with Gasteiger partial charge in [0.05, 0.1) is 0 Å². The number of benzene rings is 1. The van der Waals surface area contributed by atoms with Crippen LogP contribution in [0.4, 0.5) is 0 Å². The molecule has 64 valence electrons. The lowest BCUT2D eigenvalue weighted by Crippen LogP contribution is -2.05. The Kier molecular flexibility index (Phi) is 1.94. The van der Waals surface area contributed by atoms with E-state index in [1.54, 1.807) is 5.56 Å². The summed E-state index contributed by atoms with van der Waals surface area (Å²) in [5, 5.41) is 0. The molecule has 0 bridgehead atoms. The van der Waals surface area contributed by atoms with Gasteiger partial charge < -0.3 is 0 Å². The van der Waals surface area contributed by atoms with Gasteiger partial charge in [-0.05, 0) is 65.0 Å². The molecule has 2 rings (SSSR count). The highest BCUT2D eigenvalue weighted by Gasteiger charge is 2.41. The summed E-state index contributed by atoms with van der Waals surface area (Å²) in [7, 11) is 0. The van der Waals surface area contributed by atoms with Gasteiger partial charge in [-0.25, -0.2) is 0 Å². The fourth-order valence-electron chi connectivity index (χ4n) is 1.83. The summed E-state index contributed by atoms with van der Waals surface area (Å²) in [4.78, 5) is 0. The quantitative estimate of drug-likeness (QED) is 0.684. The van der Waals surface area contributed by atoms with E-state index in [1.807, 2.05) is 0 Å². The molecule has 1 fully saturated rings. The van der Waals surface area contributed by atoms with E-state index in [1.165, 1.54) is 22.0 Å². The Morgan fingerprint density at radius 2 is 2.00 bits per heavy atom. The van der Waals surface area contributed by atoms with E-state index in [2.05, 4.69) is 54.6 Å². The number of hydrogen-bond acceptors (Lipinski definition) is 0. The van der Waals surface area contributed by atoms with Crippen LogP contribution in [0, 0.1) is 10.5 Å². The third kappa shape index (κ3) is 1.28. The second-order valence-corrected chi connectivity index (χ2v) is 5.15. The van der Waals surface area contributed by atoms with Crippen molar-refractivity contribution < 1.29 is 0 Å². The van der Waals surface area contributed by atoms with Crippen molar-refractivity contribution in [2.75, 3.05) is 0 Å². The van der Waals surface area contributed by atoms with Crippen LogP contribution in [-0.2, 0) is 5.41 Å². The van der Waals surface area contributed by atoms with Crippen molar-refractivity contribution >= 4 is 22.6 Å². The van der Waals surface area contributed by atoms with E-state index in [9.17, 15) is 0 Å². The molecule has 0 atom stereocenters. The molecular weight excluding hydrogens is 259 g/mol. The topological polar surface area (TPSA) is 0 Å². The summed E-state index contributed by atoms with van der Waals surface area (Å²) < 4.78 is 1.44. The molecular formula is C11H13I. The maximum Gasteiger partial charge on any atom is 0.0170 e. The van der Waals surface area contributed by atoms with Crippen molar-refractivity contribution in [3.8, 4) is 0 Å². The number of aryl methyl sites for hydroxylation is 1. The second-order valence-electron chi connectivity index (χ2n) is 3.99. The first kappa shape index (κ1) is 8.54. The molecule has 0 unspecified atom stereocenters. The summed E-state index contributed by atoms with van der Waals surface area (Å²) in [6.07, 6.45) is 2.74. The molecule has 1 aliphatic carbocycles. The van der Waals surface area contributed by atoms with Gasteiger partial charge in [0.15, 0.2) is 0 Å². The van der Waals surface area contributed by atoms with Crippen LogP contribution in [0.15, 0.2) is 18.2 Å². The molecule has 1 aromatic rings. The molecule has 1 aliphatic rings. The minimum Gasteiger partial charge on any atom is -0.0609 e. The summed E-state index contributed by atoms with van der Waals surface area (Å²) in [6, 6.07) is 6.58. The molecule has 0 N–H and O–H groups in total. The van der Waals surface area contributed by atoms with Gasteiger partial charge in [0, 0.05) is 3.57 Å². The zero-order chi connectivity index (χ0) is 8.77. The first-order valence-corrected chi connectivity index (χ1v) is 5.47. The van der Waals surface area contributed by atoms with Gasteiger partial charge in [0.25, 0.3) is 0 Å². The van der Waals surface area contributed by atoms with Crippen LogP contribution in [0.25, 0.3) is 0 Å². The number of rotatable bonds is 1. The summed E-state index contributed by atoms with van der Waals surface area (Å²) in [5.41, 5.74) is 3.56. The monoisotopic (exact) mass is 272 g/mol. The third-order valence-corrected chi connectivity index (χ3v) is 3.72. The molecule has 1 heteroatoms. The Bertz CT molecular complexity index is 291. The average Bonchev–Trinajstić information content (AvgIpc) is 2.68.